The van der Waals surface area contributed by atoms with Crippen LogP contribution < -0.4 is 15.4 Å². The lowest BCUT2D eigenvalue weighted by Gasteiger charge is -2.13. The fraction of sp³-hybridized carbons (Fsp3) is 0.214. The number of aryl methyl sites for hydroxylation is 1. The Hall–Kier alpha value is -4.32. The summed E-state index contributed by atoms with van der Waals surface area (Å²) < 4.78 is 42.5. The lowest BCUT2D eigenvalue weighted by atomic mass is 10.0. The number of benzene rings is 3. The predicted octanol–water partition coefficient (Wildman–Crippen LogP) is 7.01. The molecule has 3 aromatic carbocycles. The van der Waals surface area contributed by atoms with Crippen molar-refractivity contribution in [1.82, 2.24) is 9.78 Å². The fourth-order valence-electron chi connectivity index (χ4n) is 3.93. The molecule has 8 nitrogen and oxygen atoms in total. The van der Waals surface area contributed by atoms with Crippen LogP contribution in [0, 0.1) is 0 Å². The molecular weight excluding hydrogens is 541 g/mol. The number of fused-ring (bicyclic) bond motifs is 1. The van der Waals surface area contributed by atoms with Gasteiger partial charge in [-0.25, -0.2) is 0 Å². The highest BCUT2D eigenvalue weighted by molar-refractivity contribution is 8.12. The van der Waals surface area contributed by atoms with Crippen molar-refractivity contribution in [3.05, 3.63) is 83.6 Å². The van der Waals surface area contributed by atoms with Crippen LogP contribution in [0.25, 0.3) is 10.9 Å². The topological polar surface area (TPSA) is 92.9 Å². The first-order chi connectivity index (χ1) is 19.1. The number of para-hydroxylation sites is 1. The number of hydrogen-bond donors (Lipinski definition) is 2. The van der Waals surface area contributed by atoms with Gasteiger partial charge in [-0.05, 0) is 59.5 Å². The van der Waals surface area contributed by atoms with Gasteiger partial charge in [-0.1, -0.05) is 49.9 Å². The van der Waals surface area contributed by atoms with Gasteiger partial charge in [-0.2, -0.15) is 15.3 Å². The van der Waals surface area contributed by atoms with Crippen LogP contribution in [0.15, 0.2) is 76.9 Å². The summed E-state index contributed by atoms with van der Waals surface area (Å²) in [5.41, 5.74) is 5.98. The summed E-state index contributed by atoms with van der Waals surface area (Å²) in [5.74, 6) is 0.203. The maximum absolute atomic E-state index is 12.8. The molecule has 0 fully saturated rings. The van der Waals surface area contributed by atoms with E-state index in [0.717, 1.165) is 23.4 Å². The van der Waals surface area contributed by atoms with Crippen LogP contribution in [0.2, 0.25) is 0 Å². The number of carbonyl (C=O) groups is 1. The van der Waals surface area contributed by atoms with Crippen LogP contribution in [0.5, 0.6) is 5.75 Å². The number of amides is 1. The van der Waals surface area contributed by atoms with Crippen LogP contribution in [-0.2, 0) is 7.05 Å². The van der Waals surface area contributed by atoms with Crippen LogP contribution in [0.3, 0.4) is 0 Å². The minimum atomic E-state index is -4.79. The minimum absolute atomic E-state index is 0.178. The molecule has 0 spiro atoms. The van der Waals surface area contributed by atoms with E-state index in [4.69, 9.17) is 0 Å². The maximum atomic E-state index is 12.8. The van der Waals surface area contributed by atoms with Crippen molar-refractivity contribution >= 4 is 51.7 Å². The standard InChI is InChI=1S/C28H27F3N6O2S/c1-18(2)22-6-4-5-7-24(22)32-16-40-17-34-33-15-19-8-13-23-25(14-19)37(3)36-26(23)27(38)35-20-9-11-21(12-10-20)39-28(29,30)31/h4-15,17-18,32H,16H2,1-3H3,(H,35,38). The Labute approximate surface area is 233 Å². The van der Waals surface area contributed by atoms with E-state index in [9.17, 15) is 18.0 Å². The van der Waals surface area contributed by atoms with Gasteiger partial charge < -0.3 is 15.4 Å². The molecule has 0 saturated carbocycles. The number of carbonyl (C=O) groups excluding carboxylic acids is 1. The molecule has 4 rings (SSSR count). The first-order valence-corrected chi connectivity index (χ1v) is 13.3. The zero-order chi connectivity index (χ0) is 28.7. The molecule has 0 aliphatic heterocycles. The number of rotatable bonds is 10. The highest BCUT2D eigenvalue weighted by Crippen LogP contribution is 2.26. The van der Waals surface area contributed by atoms with E-state index in [1.807, 2.05) is 18.2 Å². The van der Waals surface area contributed by atoms with Gasteiger partial charge in [0.25, 0.3) is 5.91 Å². The Bertz CT molecular complexity index is 1530. The summed E-state index contributed by atoms with van der Waals surface area (Å²) in [6, 6.07) is 18.5. The van der Waals surface area contributed by atoms with Gasteiger partial charge in [0.15, 0.2) is 5.69 Å². The van der Waals surface area contributed by atoms with Crippen LogP contribution in [0.1, 0.15) is 41.4 Å². The highest BCUT2D eigenvalue weighted by Gasteiger charge is 2.31. The Balaban J connectivity index is 1.34. The van der Waals surface area contributed by atoms with E-state index < -0.39 is 12.3 Å². The summed E-state index contributed by atoms with van der Waals surface area (Å²) in [4.78, 5) is 12.8. The SMILES string of the molecule is CC(C)c1ccccc1NCSC=NN=Cc1ccc2c(C(=O)Nc3ccc(OC(F)(F)F)cc3)nn(C)c2c1. The van der Waals surface area contributed by atoms with Crippen LogP contribution >= 0.6 is 11.8 Å². The average molecular weight is 569 g/mol. The molecule has 2 N–H and O–H groups in total. The van der Waals surface area contributed by atoms with Gasteiger partial charge in [-0.3, -0.25) is 9.48 Å². The fourth-order valence-corrected chi connectivity index (χ4v) is 4.37. The monoisotopic (exact) mass is 568 g/mol. The molecule has 4 aromatic rings. The molecule has 1 aromatic heterocycles. The number of aromatic nitrogens is 2. The molecule has 0 aliphatic rings. The smallest absolute Gasteiger partial charge is 0.406 e. The third kappa shape index (κ3) is 7.63. The van der Waals surface area contributed by atoms with Crippen molar-refractivity contribution in [2.45, 2.75) is 26.1 Å². The minimum Gasteiger partial charge on any atom is -0.406 e. The third-order valence-corrected chi connectivity index (χ3v) is 6.31. The molecule has 0 atom stereocenters. The van der Waals surface area contributed by atoms with E-state index in [-0.39, 0.29) is 11.4 Å². The van der Waals surface area contributed by atoms with Crippen molar-refractivity contribution < 1.29 is 22.7 Å². The highest BCUT2D eigenvalue weighted by atomic mass is 32.2. The second-order valence-electron chi connectivity index (χ2n) is 8.97. The maximum Gasteiger partial charge on any atom is 0.573 e. The van der Waals surface area contributed by atoms with Gasteiger partial charge >= 0.3 is 6.36 Å². The van der Waals surface area contributed by atoms with Crippen molar-refractivity contribution in [1.29, 1.82) is 0 Å². The lowest BCUT2D eigenvalue weighted by molar-refractivity contribution is -0.274. The molecule has 0 bridgehead atoms. The normalized spacial score (nSPS) is 12.1. The van der Waals surface area contributed by atoms with Gasteiger partial charge in [0.2, 0.25) is 0 Å². The van der Waals surface area contributed by atoms with E-state index >= 15 is 0 Å². The summed E-state index contributed by atoms with van der Waals surface area (Å²) in [6.07, 6.45) is -3.18. The van der Waals surface area contributed by atoms with Gasteiger partial charge in [0.1, 0.15) is 5.75 Å². The van der Waals surface area contributed by atoms with Crippen LogP contribution in [-0.4, -0.2) is 39.7 Å². The Morgan fingerprint density at radius 2 is 1.85 bits per heavy atom. The molecule has 0 aliphatic carbocycles. The quantitative estimate of drug-likeness (QED) is 0.0706. The summed E-state index contributed by atoms with van der Waals surface area (Å²) in [5, 5.41) is 19.1. The largest absolute Gasteiger partial charge is 0.573 e. The van der Waals surface area contributed by atoms with Crippen molar-refractivity contribution in [3.63, 3.8) is 0 Å². The first kappa shape index (κ1) is 28.7. The molecule has 208 valence electrons. The Kier molecular flexibility index (Phi) is 9.10. The van der Waals surface area contributed by atoms with E-state index in [2.05, 4.69) is 56.7 Å². The molecule has 40 heavy (non-hydrogen) atoms. The number of halogens is 3. The number of hydrogen-bond acceptors (Lipinski definition) is 7. The van der Waals surface area contributed by atoms with Gasteiger partial charge in [0, 0.05) is 23.8 Å². The number of alkyl halides is 3. The second kappa shape index (κ2) is 12.7. The van der Waals surface area contributed by atoms with Crippen molar-refractivity contribution in [3.8, 4) is 5.75 Å². The summed E-state index contributed by atoms with van der Waals surface area (Å²) >= 11 is 1.49. The van der Waals surface area contributed by atoms with E-state index in [0.29, 0.717) is 28.4 Å². The molecule has 12 heteroatoms. The number of nitrogens with one attached hydrogen (secondary N) is 2. The molecule has 1 amide bonds. The third-order valence-electron chi connectivity index (χ3n) is 5.76. The average Bonchev–Trinajstić information content (AvgIpc) is 3.24. The summed E-state index contributed by atoms with van der Waals surface area (Å²) in [7, 11) is 1.71. The Morgan fingerprint density at radius 1 is 1.10 bits per heavy atom. The zero-order valence-electron chi connectivity index (χ0n) is 21.9. The number of anilines is 2. The molecule has 0 saturated heterocycles. The number of thioether (sulfide) groups is 1. The zero-order valence-corrected chi connectivity index (χ0v) is 22.8. The van der Waals surface area contributed by atoms with E-state index in [1.165, 1.54) is 29.5 Å². The van der Waals surface area contributed by atoms with Crippen molar-refractivity contribution in [2.75, 3.05) is 16.5 Å². The molecular formula is C28H27F3N6O2S. The number of nitrogens with zero attached hydrogens (tertiary/aromatic N) is 4. The van der Waals surface area contributed by atoms with Gasteiger partial charge in [-0.15, -0.1) is 13.2 Å². The van der Waals surface area contributed by atoms with Gasteiger partial charge in [0.05, 0.1) is 23.2 Å². The predicted molar refractivity (Wildman–Crippen MR) is 154 cm³/mol. The summed E-state index contributed by atoms with van der Waals surface area (Å²) in [6.45, 7) is 4.32. The second-order valence-corrected chi connectivity index (χ2v) is 9.80. The first-order valence-electron chi connectivity index (χ1n) is 12.2. The van der Waals surface area contributed by atoms with E-state index in [1.54, 1.807) is 35.6 Å². The molecule has 1 heterocycles. The number of ether oxygens (including phenoxy) is 1. The lowest BCUT2D eigenvalue weighted by Crippen LogP contribution is -2.17. The molecule has 0 unspecified atom stereocenters. The Morgan fingerprint density at radius 3 is 2.58 bits per heavy atom. The van der Waals surface area contributed by atoms with Crippen LogP contribution in [0.4, 0.5) is 24.5 Å². The van der Waals surface area contributed by atoms with Crippen molar-refractivity contribution in [2.24, 2.45) is 17.3 Å². The molecule has 0 radical (unpaired) electrons.